The molecule has 0 aromatic heterocycles. The van der Waals surface area contributed by atoms with E-state index >= 15 is 0 Å². The fourth-order valence-electron chi connectivity index (χ4n) is 0.330. The van der Waals surface area contributed by atoms with Gasteiger partial charge in [-0.1, -0.05) is 0 Å². The molecule has 0 unspecified atom stereocenters. The van der Waals surface area contributed by atoms with Gasteiger partial charge >= 0.3 is 11.9 Å². The van der Waals surface area contributed by atoms with Crippen LogP contribution in [0.2, 0.25) is 0 Å². The fourth-order valence-corrected chi connectivity index (χ4v) is 0.330. The molecule has 11 heavy (non-hydrogen) atoms. The zero-order valence-electron chi connectivity index (χ0n) is 6.53. The predicted octanol–water partition coefficient (Wildman–Crippen LogP) is -0.190. The minimum atomic E-state index is -1.16. The number of rotatable bonds is 3. The van der Waals surface area contributed by atoms with Gasteiger partial charge in [-0.15, -0.1) is 0 Å². The summed E-state index contributed by atoms with van der Waals surface area (Å²) in [6.45, 7) is 1.90. The van der Waals surface area contributed by atoms with Crippen LogP contribution in [-0.2, 0) is 14.3 Å². The van der Waals surface area contributed by atoms with Crippen LogP contribution in [0, 0.1) is 0 Å². The average molecular weight is 183 g/mol. The van der Waals surface area contributed by atoms with Gasteiger partial charge in [0, 0.05) is 63.5 Å². The number of carbonyl (C=O) groups excluding carboxylic acids is 1. The summed E-state index contributed by atoms with van der Waals surface area (Å²) in [5.41, 5.74) is 0. The molecule has 0 aromatic carbocycles. The number of ether oxygens (including phenoxy) is 1. The summed E-state index contributed by atoms with van der Waals surface area (Å²) in [6, 6.07) is 0. The van der Waals surface area contributed by atoms with Crippen LogP contribution in [0.5, 0.6) is 0 Å². The minimum Gasteiger partial charge on any atom is -0.478 e. The molecule has 57 valence electrons. The maximum atomic E-state index is 10.4. The van der Waals surface area contributed by atoms with Gasteiger partial charge in [0.25, 0.3) is 0 Å². The van der Waals surface area contributed by atoms with Crippen molar-refractivity contribution < 1.29 is 19.4 Å². The van der Waals surface area contributed by atoms with Crippen molar-refractivity contribution in [1.29, 1.82) is 0 Å². The average Bonchev–Trinajstić information content (AvgIpc) is 1.85. The second-order valence-electron chi connectivity index (χ2n) is 1.42. The molecule has 5 heteroatoms. The van der Waals surface area contributed by atoms with Gasteiger partial charge in [0.1, 0.15) is 0 Å². The summed E-state index contributed by atoms with van der Waals surface area (Å²) >= 11 is 0. The maximum absolute atomic E-state index is 10.4. The first-order chi connectivity index (χ1) is 4.66. The summed E-state index contributed by atoms with van der Waals surface area (Å²) in [5.74, 6) is -1.79. The molecule has 0 aliphatic rings. The first-order valence-corrected chi connectivity index (χ1v) is 2.74. The molecule has 0 amide bonds. The number of aliphatic carboxylic acids is 1. The van der Waals surface area contributed by atoms with Crippen molar-refractivity contribution in [1.82, 2.24) is 0 Å². The van der Waals surface area contributed by atoms with E-state index in [2.05, 4.69) is 4.74 Å². The number of hydrogen-bond donors (Lipinski definition) is 1. The van der Waals surface area contributed by atoms with E-state index in [4.69, 9.17) is 5.11 Å². The smallest absolute Gasteiger partial charge is 0.330 e. The van der Waals surface area contributed by atoms with E-state index in [1.807, 2.05) is 0 Å². The molecule has 0 saturated carbocycles. The molecule has 0 rings (SSSR count). The molecule has 0 aliphatic heterocycles. The standard InChI is InChI=1S/C6H8O4.K/c1-2-10-6(9)4-3-5(7)8;/h3-4H,2H2,1H3,(H,7,8);/b4-3+;. The Morgan fingerprint density at radius 3 is 2.36 bits per heavy atom. The van der Waals surface area contributed by atoms with Crippen LogP contribution in [0.15, 0.2) is 12.2 Å². The summed E-state index contributed by atoms with van der Waals surface area (Å²) in [4.78, 5) is 20.2. The molecule has 1 N–H and O–H groups in total. The Bertz CT molecular complexity index is 164. The van der Waals surface area contributed by atoms with E-state index in [0.29, 0.717) is 0 Å². The summed E-state index contributed by atoms with van der Waals surface area (Å²) in [5, 5.41) is 8.04. The second kappa shape index (κ2) is 8.41. The van der Waals surface area contributed by atoms with Gasteiger partial charge in [0.05, 0.1) is 6.61 Å². The molecule has 0 saturated heterocycles. The molecular formula is C6H8KO4. The van der Waals surface area contributed by atoms with Gasteiger partial charge in [0.15, 0.2) is 0 Å². The molecule has 0 spiro atoms. The Morgan fingerprint density at radius 2 is 2.00 bits per heavy atom. The number of esters is 1. The van der Waals surface area contributed by atoms with Gasteiger partial charge in [-0.2, -0.15) is 0 Å². The van der Waals surface area contributed by atoms with Gasteiger partial charge in [-0.3, -0.25) is 0 Å². The van der Waals surface area contributed by atoms with E-state index in [9.17, 15) is 9.59 Å². The number of hydrogen-bond acceptors (Lipinski definition) is 3. The van der Waals surface area contributed by atoms with E-state index < -0.39 is 11.9 Å². The van der Waals surface area contributed by atoms with Crippen LogP contribution in [0.4, 0.5) is 0 Å². The zero-order chi connectivity index (χ0) is 7.98. The second-order valence-corrected chi connectivity index (χ2v) is 1.42. The molecule has 0 fully saturated rings. The monoisotopic (exact) mass is 183 g/mol. The molecule has 0 heterocycles. The van der Waals surface area contributed by atoms with Gasteiger partial charge in [-0.05, 0) is 6.92 Å². The van der Waals surface area contributed by atoms with Crippen molar-refractivity contribution >= 4 is 63.3 Å². The fraction of sp³-hybridized carbons (Fsp3) is 0.333. The third-order valence-electron chi connectivity index (χ3n) is 0.649. The Morgan fingerprint density at radius 1 is 1.45 bits per heavy atom. The van der Waals surface area contributed by atoms with Crippen LogP contribution >= 0.6 is 0 Å². The Labute approximate surface area is 107 Å². The van der Waals surface area contributed by atoms with Crippen molar-refractivity contribution in [2.24, 2.45) is 0 Å². The molecule has 0 aliphatic carbocycles. The molecule has 1 radical (unpaired) electrons. The van der Waals surface area contributed by atoms with Crippen molar-refractivity contribution in [3.05, 3.63) is 12.2 Å². The van der Waals surface area contributed by atoms with E-state index in [1.165, 1.54) is 0 Å². The molecule has 0 bridgehead atoms. The Hall–Kier alpha value is 0.316. The molecule has 4 nitrogen and oxygen atoms in total. The van der Waals surface area contributed by atoms with Gasteiger partial charge in [0.2, 0.25) is 0 Å². The molecule has 0 atom stereocenters. The first kappa shape index (κ1) is 13.9. The van der Waals surface area contributed by atoms with Gasteiger partial charge < -0.3 is 9.84 Å². The predicted molar refractivity (Wildman–Crippen MR) is 39.2 cm³/mol. The van der Waals surface area contributed by atoms with Crippen LogP contribution in [0.1, 0.15) is 6.92 Å². The topological polar surface area (TPSA) is 63.6 Å². The Balaban J connectivity index is 0. The van der Waals surface area contributed by atoms with E-state index in [0.717, 1.165) is 12.2 Å². The van der Waals surface area contributed by atoms with Gasteiger partial charge in [-0.25, -0.2) is 9.59 Å². The number of carboxylic acids is 1. The SMILES string of the molecule is CCOC(=O)/C=C/C(=O)O.[K]. The molecule has 0 aromatic rings. The van der Waals surface area contributed by atoms with E-state index in [-0.39, 0.29) is 58.0 Å². The summed E-state index contributed by atoms with van der Waals surface area (Å²) in [6.07, 6.45) is 1.60. The largest absolute Gasteiger partial charge is 0.478 e. The maximum Gasteiger partial charge on any atom is 0.330 e. The van der Waals surface area contributed by atoms with Crippen molar-refractivity contribution in [2.45, 2.75) is 6.92 Å². The van der Waals surface area contributed by atoms with Crippen molar-refractivity contribution in [3.8, 4) is 0 Å². The first-order valence-electron chi connectivity index (χ1n) is 2.74. The van der Waals surface area contributed by atoms with E-state index in [1.54, 1.807) is 6.92 Å². The third-order valence-corrected chi connectivity index (χ3v) is 0.649. The molecular weight excluding hydrogens is 175 g/mol. The quantitative estimate of drug-likeness (QED) is 0.374. The Kier molecular flexibility index (Phi) is 10.6. The van der Waals surface area contributed by atoms with Crippen molar-refractivity contribution in [3.63, 3.8) is 0 Å². The van der Waals surface area contributed by atoms with Crippen LogP contribution in [-0.4, -0.2) is 75.0 Å². The number of carboxylic acid groups (broad SMARTS) is 1. The van der Waals surface area contributed by atoms with Crippen LogP contribution in [0.3, 0.4) is 0 Å². The third kappa shape index (κ3) is 10.3. The van der Waals surface area contributed by atoms with Crippen molar-refractivity contribution in [2.75, 3.05) is 6.61 Å². The van der Waals surface area contributed by atoms with Crippen LogP contribution in [0.25, 0.3) is 0 Å². The summed E-state index contributed by atoms with van der Waals surface area (Å²) < 4.78 is 4.40. The van der Waals surface area contributed by atoms with Crippen LogP contribution < -0.4 is 0 Å². The number of carbonyl (C=O) groups is 2. The minimum absolute atomic E-state index is 0. The summed E-state index contributed by atoms with van der Waals surface area (Å²) in [7, 11) is 0. The normalized spacial score (nSPS) is 8.82. The zero-order valence-corrected chi connectivity index (χ0v) is 9.66.